The summed E-state index contributed by atoms with van der Waals surface area (Å²) in [4.78, 5) is 38.2. The van der Waals surface area contributed by atoms with E-state index in [1.165, 1.54) is 167 Å². The number of unbranched alkanes of at least 4 members (excludes halogenated alkanes) is 30. The second-order valence-corrected chi connectivity index (χ2v) is 20.6. The molecule has 0 fully saturated rings. The average molecular weight is 1030 g/mol. The molecule has 0 aromatic carbocycles. The molecule has 0 aliphatic rings. The molecule has 6 heteroatoms. The van der Waals surface area contributed by atoms with E-state index in [4.69, 9.17) is 14.2 Å². The predicted molar refractivity (Wildman–Crippen MR) is 320 cm³/mol. The molecule has 424 valence electrons. The molecule has 1 atom stereocenters. The first kappa shape index (κ1) is 70.3. The SMILES string of the molecule is CC/C=C\C/C=C\C/C=C\C/C=C\C/C=C\CC(=O)OCC(COC(=O)CCCCCCCCCCCCCCC/C=C\C/C=C\CCCCCCC)OC(=O)CCCCCCC/C=C\CCCCCCCCC. The fraction of sp³-hybridized carbons (Fsp3) is 0.721. The fourth-order valence-electron chi connectivity index (χ4n) is 8.66. The van der Waals surface area contributed by atoms with Crippen LogP contribution in [0.1, 0.15) is 297 Å². The Kier molecular flexibility index (Phi) is 58.8. The number of esters is 3. The smallest absolute Gasteiger partial charge is 0.309 e. The predicted octanol–water partition coefficient (Wildman–Crippen LogP) is 21.3. The second-order valence-electron chi connectivity index (χ2n) is 20.6. The van der Waals surface area contributed by atoms with Crippen LogP contribution in [0.25, 0.3) is 0 Å². The Morgan fingerprint density at radius 3 is 0.959 bits per heavy atom. The van der Waals surface area contributed by atoms with E-state index in [-0.39, 0.29) is 31.6 Å². The highest BCUT2D eigenvalue weighted by molar-refractivity contribution is 5.72. The van der Waals surface area contributed by atoms with Crippen molar-refractivity contribution in [3.63, 3.8) is 0 Å². The van der Waals surface area contributed by atoms with Gasteiger partial charge in [-0.2, -0.15) is 0 Å². The van der Waals surface area contributed by atoms with Gasteiger partial charge in [0.25, 0.3) is 0 Å². The summed E-state index contributed by atoms with van der Waals surface area (Å²) in [5.41, 5.74) is 0. The van der Waals surface area contributed by atoms with Gasteiger partial charge in [-0.3, -0.25) is 14.4 Å². The maximum absolute atomic E-state index is 12.9. The van der Waals surface area contributed by atoms with Crippen molar-refractivity contribution in [3.05, 3.63) is 97.2 Å². The first-order chi connectivity index (χ1) is 36.5. The Morgan fingerprint density at radius 1 is 0.297 bits per heavy atom. The van der Waals surface area contributed by atoms with Gasteiger partial charge >= 0.3 is 17.9 Å². The van der Waals surface area contributed by atoms with Gasteiger partial charge in [-0.25, -0.2) is 0 Å². The molecule has 0 N–H and O–H groups in total. The van der Waals surface area contributed by atoms with E-state index in [9.17, 15) is 14.4 Å². The van der Waals surface area contributed by atoms with Gasteiger partial charge in [0.15, 0.2) is 6.10 Å². The summed E-state index contributed by atoms with van der Waals surface area (Å²) in [5.74, 6) is -1.05. The third-order valence-corrected chi connectivity index (χ3v) is 13.3. The summed E-state index contributed by atoms with van der Waals surface area (Å²) in [6.07, 6.45) is 83.0. The molecule has 0 saturated heterocycles. The molecule has 0 amide bonds. The Labute approximate surface area is 457 Å². The summed E-state index contributed by atoms with van der Waals surface area (Å²) in [5, 5.41) is 0. The summed E-state index contributed by atoms with van der Waals surface area (Å²) in [7, 11) is 0. The van der Waals surface area contributed by atoms with Crippen LogP contribution < -0.4 is 0 Å². The molecule has 0 saturated carbocycles. The van der Waals surface area contributed by atoms with Crippen LogP contribution in [-0.2, 0) is 28.6 Å². The second kappa shape index (κ2) is 61.9. The zero-order valence-corrected chi connectivity index (χ0v) is 48.6. The first-order valence-electron chi connectivity index (χ1n) is 31.2. The number of ether oxygens (including phenoxy) is 3. The zero-order valence-electron chi connectivity index (χ0n) is 48.6. The van der Waals surface area contributed by atoms with Gasteiger partial charge in [0.1, 0.15) is 13.2 Å². The molecule has 0 radical (unpaired) electrons. The number of hydrogen-bond donors (Lipinski definition) is 0. The molecule has 0 aliphatic carbocycles. The third-order valence-electron chi connectivity index (χ3n) is 13.3. The minimum absolute atomic E-state index is 0.110. The lowest BCUT2D eigenvalue weighted by Gasteiger charge is -2.18. The van der Waals surface area contributed by atoms with Crippen molar-refractivity contribution < 1.29 is 28.6 Å². The van der Waals surface area contributed by atoms with Crippen molar-refractivity contribution in [2.24, 2.45) is 0 Å². The topological polar surface area (TPSA) is 78.9 Å². The van der Waals surface area contributed by atoms with E-state index in [1.54, 1.807) is 6.08 Å². The summed E-state index contributed by atoms with van der Waals surface area (Å²) in [6.45, 7) is 6.44. The molecule has 0 spiro atoms. The van der Waals surface area contributed by atoms with Crippen molar-refractivity contribution in [2.45, 2.75) is 303 Å². The Hall–Kier alpha value is -3.67. The third kappa shape index (κ3) is 59.2. The highest BCUT2D eigenvalue weighted by Gasteiger charge is 2.19. The molecule has 6 nitrogen and oxygen atoms in total. The van der Waals surface area contributed by atoms with Gasteiger partial charge in [0.05, 0.1) is 6.42 Å². The normalized spacial score (nSPS) is 12.7. The van der Waals surface area contributed by atoms with Crippen LogP contribution >= 0.6 is 0 Å². The molecule has 0 aliphatic heterocycles. The summed E-state index contributed by atoms with van der Waals surface area (Å²) in [6, 6.07) is 0. The highest BCUT2D eigenvalue weighted by Crippen LogP contribution is 2.16. The van der Waals surface area contributed by atoms with Crippen LogP contribution in [0.5, 0.6) is 0 Å². The molecule has 0 rings (SSSR count). The molecule has 0 aromatic heterocycles. The summed E-state index contributed by atoms with van der Waals surface area (Å²) >= 11 is 0. The largest absolute Gasteiger partial charge is 0.462 e. The van der Waals surface area contributed by atoms with Gasteiger partial charge in [-0.15, -0.1) is 0 Å². The number of carbonyl (C=O) groups excluding carboxylic acids is 3. The van der Waals surface area contributed by atoms with Gasteiger partial charge in [-0.05, 0) is 103 Å². The van der Waals surface area contributed by atoms with Gasteiger partial charge in [0, 0.05) is 12.8 Å². The van der Waals surface area contributed by atoms with E-state index < -0.39 is 12.1 Å². The van der Waals surface area contributed by atoms with Gasteiger partial charge in [0.2, 0.25) is 0 Å². The molecule has 0 bridgehead atoms. The van der Waals surface area contributed by atoms with Crippen LogP contribution in [0, 0.1) is 0 Å². The van der Waals surface area contributed by atoms with Crippen LogP contribution in [0.15, 0.2) is 97.2 Å². The number of rotatable bonds is 56. The first-order valence-corrected chi connectivity index (χ1v) is 31.2. The van der Waals surface area contributed by atoms with Gasteiger partial charge in [-0.1, -0.05) is 272 Å². The van der Waals surface area contributed by atoms with Crippen molar-refractivity contribution in [3.8, 4) is 0 Å². The number of allylic oxidation sites excluding steroid dienone is 15. The lowest BCUT2D eigenvalue weighted by molar-refractivity contribution is -0.166. The van der Waals surface area contributed by atoms with Crippen LogP contribution in [0.4, 0.5) is 0 Å². The minimum Gasteiger partial charge on any atom is -0.462 e. The quantitative estimate of drug-likeness (QED) is 0.0261. The van der Waals surface area contributed by atoms with Crippen LogP contribution in [0.3, 0.4) is 0 Å². The summed E-state index contributed by atoms with van der Waals surface area (Å²) < 4.78 is 16.8. The number of carbonyl (C=O) groups is 3. The van der Waals surface area contributed by atoms with E-state index in [0.717, 1.165) is 89.9 Å². The highest BCUT2D eigenvalue weighted by atomic mass is 16.6. The maximum Gasteiger partial charge on any atom is 0.309 e. The monoisotopic (exact) mass is 1030 g/mol. The van der Waals surface area contributed by atoms with E-state index in [0.29, 0.717) is 12.8 Å². The lowest BCUT2D eigenvalue weighted by atomic mass is 10.0. The molecule has 1 unspecified atom stereocenters. The lowest BCUT2D eigenvalue weighted by Crippen LogP contribution is -2.30. The Balaban J connectivity index is 4.39. The Bertz CT molecular complexity index is 1460. The van der Waals surface area contributed by atoms with Crippen LogP contribution in [0.2, 0.25) is 0 Å². The van der Waals surface area contributed by atoms with Crippen molar-refractivity contribution in [1.29, 1.82) is 0 Å². The van der Waals surface area contributed by atoms with E-state index in [2.05, 4.69) is 106 Å². The Morgan fingerprint density at radius 2 is 0.581 bits per heavy atom. The van der Waals surface area contributed by atoms with Crippen LogP contribution in [-0.4, -0.2) is 37.2 Å². The van der Waals surface area contributed by atoms with Crippen molar-refractivity contribution >= 4 is 17.9 Å². The fourth-order valence-corrected chi connectivity index (χ4v) is 8.66. The van der Waals surface area contributed by atoms with Crippen molar-refractivity contribution in [2.75, 3.05) is 13.2 Å². The molecule has 74 heavy (non-hydrogen) atoms. The standard InChI is InChI=1S/C68H116O6/c1-4-7-10-13-16-19-22-25-28-30-31-32-33-34-35-36-37-38-41-43-46-49-52-55-58-61-67(70)73-64-65(63-72-66(69)60-57-54-51-48-45-42-39-27-24-21-18-15-12-9-6-3)74-68(71)62-59-56-53-50-47-44-40-29-26-23-20-17-14-11-8-5-2/h9,12,18,21-22,25,27,29-31,39-40,45,48,54,57,65H,4-8,10-11,13-17,19-20,23-24,26,28,32-38,41-44,46-47,49-53,55-56,58-64H2,1-3H3/b12-9-,21-18-,25-22-,31-30-,39-27-,40-29-,48-45-,57-54-. The van der Waals surface area contributed by atoms with Crippen molar-refractivity contribution in [1.82, 2.24) is 0 Å². The zero-order chi connectivity index (χ0) is 53.6. The molecule has 0 aromatic rings. The van der Waals surface area contributed by atoms with E-state index >= 15 is 0 Å². The van der Waals surface area contributed by atoms with Gasteiger partial charge < -0.3 is 14.2 Å². The molecular weight excluding hydrogens is 913 g/mol. The molecule has 0 heterocycles. The average Bonchev–Trinajstić information content (AvgIpc) is 3.40. The van der Waals surface area contributed by atoms with E-state index in [1.807, 2.05) is 6.08 Å². The maximum atomic E-state index is 12.9. The number of hydrogen-bond acceptors (Lipinski definition) is 6. The minimum atomic E-state index is -0.823. The molecular formula is C68H116O6.